The van der Waals surface area contributed by atoms with Gasteiger partial charge in [-0.3, -0.25) is 9.78 Å². The smallest absolute Gasteiger partial charge is 0.153 e. The first-order chi connectivity index (χ1) is 7.10. The molecule has 0 aliphatic heterocycles. The fourth-order valence-corrected chi connectivity index (χ4v) is 1.27. The molecule has 5 heteroatoms. The first kappa shape index (κ1) is 11.0. The van der Waals surface area contributed by atoms with Gasteiger partial charge in [-0.1, -0.05) is 0 Å². The number of nitrogens with zero attached hydrogens (tertiary/aromatic N) is 3. The van der Waals surface area contributed by atoms with E-state index in [0.717, 1.165) is 0 Å². The van der Waals surface area contributed by atoms with Crippen LogP contribution in [0.3, 0.4) is 0 Å². The van der Waals surface area contributed by atoms with E-state index in [2.05, 4.69) is 10.2 Å². The minimum Gasteiger partial charge on any atom is -0.298 e. The van der Waals surface area contributed by atoms with Crippen molar-refractivity contribution in [1.29, 1.82) is 5.26 Å². The molecule has 0 aliphatic rings. The van der Waals surface area contributed by atoms with Gasteiger partial charge in [0.1, 0.15) is 11.6 Å². The minimum absolute atomic E-state index is 0.191. The number of nitriles is 1. The van der Waals surface area contributed by atoms with Crippen LogP contribution in [-0.2, 0) is 4.79 Å². The molecule has 0 bridgehead atoms. The fraction of sp³-hybridized carbons (Fsp3) is 0.300. The first-order valence-electron chi connectivity index (χ1n) is 4.30. The zero-order valence-corrected chi connectivity index (χ0v) is 8.39. The van der Waals surface area contributed by atoms with Gasteiger partial charge in [-0.25, -0.2) is 0 Å². The normalized spacial score (nSPS) is 11.5. The monoisotopic (exact) mass is 203 g/mol. The summed E-state index contributed by atoms with van der Waals surface area (Å²) in [5.74, 6) is -1.13. The maximum Gasteiger partial charge on any atom is 0.153 e. The lowest BCUT2D eigenvalue weighted by Gasteiger charge is -2.07. The van der Waals surface area contributed by atoms with Crippen LogP contribution in [0.25, 0.3) is 0 Å². The molecule has 0 saturated heterocycles. The Bertz CT molecular complexity index is 448. The second kappa shape index (κ2) is 4.42. The molecule has 1 aromatic rings. The Morgan fingerprint density at radius 1 is 1.67 bits per heavy atom. The first-order valence-corrected chi connectivity index (χ1v) is 4.30. The molecule has 0 aromatic carbocycles. The van der Waals surface area contributed by atoms with Crippen LogP contribution in [0.5, 0.6) is 0 Å². The second-order valence-electron chi connectivity index (χ2n) is 3.16. The van der Waals surface area contributed by atoms with Crippen molar-refractivity contribution in [3.05, 3.63) is 28.4 Å². The summed E-state index contributed by atoms with van der Waals surface area (Å²) in [6.07, 6.45) is 1.25. The molecule has 0 fully saturated rings. The SMILES string of the molecule is CC(=O)C(C#N)c1ncc(N=O)cc1C. The van der Waals surface area contributed by atoms with Crippen LogP contribution >= 0.6 is 0 Å². The molecule has 0 spiro atoms. The zero-order chi connectivity index (χ0) is 11.4. The number of Topliss-reactive ketones (excluding diaryl/α,β-unsaturated/α-hetero) is 1. The highest BCUT2D eigenvalue weighted by atomic mass is 16.3. The molecule has 1 heterocycles. The van der Waals surface area contributed by atoms with Crippen LogP contribution in [0.1, 0.15) is 24.1 Å². The van der Waals surface area contributed by atoms with E-state index in [4.69, 9.17) is 5.26 Å². The van der Waals surface area contributed by atoms with Crippen LogP contribution in [0.15, 0.2) is 17.4 Å². The highest BCUT2D eigenvalue weighted by Crippen LogP contribution is 2.21. The predicted molar refractivity (Wildman–Crippen MR) is 53.5 cm³/mol. The topological polar surface area (TPSA) is 83.2 Å². The molecule has 0 saturated carbocycles. The summed E-state index contributed by atoms with van der Waals surface area (Å²) in [5, 5.41) is 11.5. The van der Waals surface area contributed by atoms with E-state index in [1.807, 2.05) is 6.07 Å². The van der Waals surface area contributed by atoms with Crippen LogP contribution in [0, 0.1) is 23.2 Å². The van der Waals surface area contributed by atoms with E-state index in [1.165, 1.54) is 19.2 Å². The average Bonchev–Trinajstić information content (AvgIpc) is 2.20. The van der Waals surface area contributed by atoms with Crippen LogP contribution in [0.2, 0.25) is 0 Å². The van der Waals surface area contributed by atoms with Crippen LogP contribution < -0.4 is 0 Å². The second-order valence-corrected chi connectivity index (χ2v) is 3.16. The Morgan fingerprint density at radius 2 is 2.33 bits per heavy atom. The summed E-state index contributed by atoms with van der Waals surface area (Å²) < 4.78 is 0. The largest absolute Gasteiger partial charge is 0.298 e. The quantitative estimate of drug-likeness (QED) is 0.703. The number of hydrogen-bond donors (Lipinski definition) is 0. The number of rotatable bonds is 3. The van der Waals surface area contributed by atoms with Gasteiger partial charge in [-0.2, -0.15) is 5.26 Å². The van der Waals surface area contributed by atoms with Crippen molar-refractivity contribution in [1.82, 2.24) is 4.98 Å². The van der Waals surface area contributed by atoms with Crippen molar-refractivity contribution < 1.29 is 4.79 Å². The number of carbonyl (C=O) groups excluding carboxylic acids is 1. The van der Waals surface area contributed by atoms with Crippen molar-refractivity contribution in [2.45, 2.75) is 19.8 Å². The maximum atomic E-state index is 11.1. The number of aryl methyl sites for hydroxylation is 1. The summed E-state index contributed by atoms with van der Waals surface area (Å²) in [5.41, 5.74) is 1.20. The highest BCUT2D eigenvalue weighted by Gasteiger charge is 2.19. The van der Waals surface area contributed by atoms with Gasteiger partial charge in [0.15, 0.2) is 5.78 Å². The van der Waals surface area contributed by atoms with Crippen LogP contribution in [-0.4, -0.2) is 10.8 Å². The van der Waals surface area contributed by atoms with Gasteiger partial charge < -0.3 is 0 Å². The molecule has 5 nitrogen and oxygen atoms in total. The predicted octanol–water partition coefficient (Wildman–Crippen LogP) is 1.98. The zero-order valence-electron chi connectivity index (χ0n) is 8.39. The third-order valence-electron chi connectivity index (χ3n) is 2.02. The third-order valence-corrected chi connectivity index (χ3v) is 2.02. The molecule has 1 unspecified atom stereocenters. The number of ketones is 1. The standard InChI is InChI=1S/C10H9N3O2/c1-6-3-8(13-15)5-12-10(6)9(4-11)7(2)14/h3,5,9H,1-2H3. The number of pyridine rings is 1. The highest BCUT2D eigenvalue weighted by molar-refractivity contribution is 5.86. The van der Waals surface area contributed by atoms with Crippen molar-refractivity contribution >= 4 is 11.5 Å². The van der Waals surface area contributed by atoms with Gasteiger partial charge in [0.05, 0.1) is 18.0 Å². The van der Waals surface area contributed by atoms with Gasteiger partial charge in [-0.15, -0.1) is 4.91 Å². The molecule has 1 aromatic heterocycles. The van der Waals surface area contributed by atoms with Crippen molar-refractivity contribution in [2.75, 3.05) is 0 Å². The Morgan fingerprint density at radius 3 is 2.73 bits per heavy atom. The average molecular weight is 203 g/mol. The molecule has 0 radical (unpaired) electrons. The van der Waals surface area contributed by atoms with E-state index in [0.29, 0.717) is 11.3 Å². The van der Waals surface area contributed by atoms with Crippen molar-refractivity contribution in [3.8, 4) is 6.07 Å². The molecular weight excluding hydrogens is 194 g/mol. The summed E-state index contributed by atoms with van der Waals surface area (Å²) >= 11 is 0. The summed E-state index contributed by atoms with van der Waals surface area (Å²) in [6, 6.07) is 3.38. The molecule has 76 valence electrons. The number of nitroso groups, excluding NO2 is 1. The number of carbonyl (C=O) groups is 1. The van der Waals surface area contributed by atoms with Crippen LogP contribution in [0.4, 0.5) is 5.69 Å². The number of aromatic nitrogens is 1. The van der Waals surface area contributed by atoms with Gasteiger partial charge in [0, 0.05) is 0 Å². The van der Waals surface area contributed by atoms with Gasteiger partial charge in [-0.05, 0) is 30.7 Å². The van der Waals surface area contributed by atoms with Gasteiger partial charge in [0.25, 0.3) is 0 Å². The van der Waals surface area contributed by atoms with E-state index in [1.54, 1.807) is 6.92 Å². The lowest BCUT2D eigenvalue weighted by atomic mass is 9.98. The van der Waals surface area contributed by atoms with E-state index < -0.39 is 5.92 Å². The van der Waals surface area contributed by atoms with Crippen molar-refractivity contribution in [2.24, 2.45) is 5.18 Å². The molecule has 0 N–H and O–H groups in total. The summed E-state index contributed by atoms with van der Waals surface area (Å²) in [7, 11) is 0. The maximum absolute atomic E-state index is 11.1. The lowest BCUT2D eigenvalue weighted by Crippen LogP contribution is -2.09. The van der Waals surface area contributed by atoms with Gasteiger partial charge in [0.2, 0.25) is 0 Å². The van der Waals surface area contributed by atoms with Crippen molar-refractivity contribution in [3.63, 3.8) is 0 Å². The summed E-state index contributed by atoms with van der Waals surface area (Å²) in [6.45, 7) is 3.02. The molecule has 0 aliphatic carbocycles. The molecule has 0 amide bonds. The molecule has 1 atom stereocenters. The van der Waals surface area contributed by atoms with E-state index in [-0.39, 0.29) is 11.5 Å². The number of hydrogen-bond acceptors (Lipinski definition) is 5. The molecular formula is C10H9N3O2. The molecule has 15 heavy (non-hydrogen) atoms. The Labute approximate surface area is 86.7 Å². The summed E-state index contributed by atoms with van der Waals surface area (Å²) in [4.78, 5) is 25.3. The Hall–Kier alpha value is -2.09. The fourth-order valence-electron chi connectivity index (χ4n) is 1.27. The lowest BCUT2D eigenvalue weighted by molar-refractivity contribution is -0.117. The molecule has 1 rings (SSSR count). The van der Waals surface area contributed by atoms with Gasteiger partial charge >= 0.3 is 0 Å². The third kappa shape index (κ3) is 2.23. The Balaban J connectivity index is 3.21. The van der Waals surface area contributed by atoms with E-state index >= 15 is 0 Å². The van der Waals surface area contributed by atoms with E-state index in [9.17, 15) is 9.70 Å². The Kier molecular flexibility index (Phi) is 3.24. The minimum atomic E-state index is -0.870.